The van der Waals surface area contributed by atoms with Gasteiger partial charge in [0.1, 0.15) is 5.52 Å². The summed E-state index contributed by atoms with van der Waals surface area (Å²) in [6, 6.07) is 5.88. The Labute approximate surface area is 101 Å². The normalized spacial score (nSPS) is 10.8. The molecule has 3 rings (SSSR count). The lowest BCUT2D eigenvalue weighted by Crippen LogP contribution is -1.99. The Kier molecular flexibility index (Phi) is 2.41. The van der Waals surface area contributed by atoms with E-state index in [4.69, 9.17) is 10.2 Å². The van der Waals surface area contributed by atoms with Crippen LogP contribution >= 0.6 is 11.3 Å². The molecule has 0 fully saturated rings. The van der Waals surface area contributed by atoms with Gasteiger partial charge in [-0.3, -0.25) is 0 Å². The molecule has 0 aliphatic rings. The lowest BCUT2D eigenvalue weighted by atomic mass is 10.3. The third kappa shape index (κ3) is 2.07. The Bertz CT molecular complexity index is 632. The van der Waals surface area contributed by atoms with Crippen LogP contribution in [0.25, 0.3) is 11.1 Å². The number of fused-ring (bicyclic) bond motifs is 1. The zero-order valence-corrected chi connectivity index (χ0v) is 9.70. The lowest BCUT2D eigenvalue weighted by molar-refractivity contribution is 0.614. The van der Waals surface area contributed by atoms with E-state index in [1.54, 1.807) is 29.0 Å². The monoisotopic (exact) mass is 246 g/mol. The summed E-state index contributed by atoms with van der Waals surface area (Å²) in [6.45, 7) is 0.603. The van der Waals surface area contributed by atoms with Gasteiger partial charge in [-0.1, -0.05) is 0 Å². The molecule has 6 heteroatoms. The molecule has 0 radical (unpaired) electrons. The Morgan fingerprint density at radius 1 is 1.41 bits per heavy atom. The standard InChI is InChI=1S/C11H10N4OS/c12-7-1-2-9-10(3-7)16-11(15-9)13-4-8-5-17-6-14-8/h1-3,5-6H,4,12H2,(H,13,15). The van der Waals surface area contributed by atoms with E-state index in [0.29, 0.717) is 23.8 Å². The number of hydrogen-bond donors (Lipinski definition) is 2. The minimum Gasteiger partial charge on any atom is -0.423 e. The molecule has 5 nitrogen and oxygen atoms in total. The largest absolute Gasteiger partial charge is 0.423 e. The van der Waals surface area contributed by atoms with Crippen molar-refractivity contribution in [2.24, 2.45) is 0 Å². The fourth-order valence-electron chi connectivity index (χ4n) is 1.51. The maximum absolute atomic E-state index is 5.67. The second kappa shape index (κ2) is 4.06. The third-order valence-corrected chi connectivity index (χ3v) is 2.95. The average Bonchev–Trinajstić information content (AvgIpc) is 2.94. The minimum absolute atomic E-state index is 0.485. The van der Waals surface area contributed by atoms with Crippen molar-refractivity contribution in [2.45, 2.75) is 6.54 Å². The second-order valence-electron chi connectivity index (χ2n) is 3.58. The van der Waals surface area contributed by atoms with Crippen molar-refractivity contribution in [3.63, 3.8) is 0 Å². The highest BCUT2D eigenvalue weighted by molar-refractivity contribution is 7.07. The SMILES string of the molecule is Nc1ccc2nc(NCc3cscn3)oc2c1. The molecule has 0 bridgehead atoms. The van der Waals surface area contributed by atoms with E-state index in [9.17, 15) is 0 Å². The van der Waals surface area contributed by atoms with Crippen LogP contribution in [0.1, 0.15) is 5.69 Å². The van der Waals surface area contributed by atoms with Gasteiger partial charge in [-0.2, -0.15) is 4.98 Å². The molecule has 2 aromatic heterocycles. The fraction of sp³-hybridized carbons (Fsp3) is 0.0909. The highest BCUT2D eigenvalue weighted by atomic mass is 32.1. The number of aromatic nitrogens is 2. The van der Waals surface area contributed by atoms with E-state index in [-0.39, 0.29) is 0 Å². The van der Waals surface area contributed by atoms with E-state index in [1.807, 2.05) is 11.4 Å². The van der Waals surface area contributed by atoms with E-state index in [1.165, 1.54) is 0 Å². The summed E-state index contributed by atoms with van der Waals surface area (Å²) in [6.07, 6.45) is 0. The van der Waals surface area contributed by atoms with E-state index in [2.05, 4.69) is 15.3 Å². The molecule has 0 saturated heterocycles. The van der Waals surface area contributed by atoms with Crippen LogP contribution < -0.4 is 11.1 Å². The first kappa shape index (κ1) is 10.1. The molecular formula is C11H10N4OS. The van der Waals surface area contributed by atoms with Gasteiger partial charge in [-0.25, -0.2) is 4.98 Å². The Hall–Kier alpha value is -2.08. The van der Waals surface area contributed by atoms with E-state index >= 15 is 0 Å². The number of benzene rings is 1. The summed E-state index contributed by atoms with van der Waals surface area (Å²) in [7, 11) is 0. The van der Waals surface area contributed by atoms with Crippen LogP contribution in [0.5, 0.6) is 0 Å². The number of oxazole rings is 1. The van der Waals surface area contributed by atoms with Crippen molar-refractivity contribution >= 4 is 34.1 Å². The Morgan fingerprint density at radius 3 is 3.18 bits per heavy atom. The van der Waals surface area contributed by atoms with Gasteiger partial charge < -0.3 is 15.5 Å². The van der Waals surface area contributed by atoms with Gasteiger partial charge in [-0.15, -0.1) is 11.3 Å². The van der Waals surface area contributed by atoms with Crippen molar-refractivity contribution < 1.29 is 4.42 Å². The van der Waals surface area contributed by atoms with Crippen LogP contribution in [0.3, 0.4) is 0 Å². The number of anilines is 2. The number of nitrogens with one attached hydrogen (secondary N) is 1. The molecule has 0 aliphatic heterocycles. The maximum Gasteiger partial charge on any atom is 0.296 e. The first-order valence-electron chi connectivity index (χ1n) is 5.08. The van der Waals surface area contributed by atoms with Gasteiger partial charge in [0.2, 0.25) is 0 Å². The minimum atomic E-state index is 0.485. The van der Waals surface area contributed by atoms with Gasteiger partial charge in [0.25, 0.3) is 6.01 Å². The summed E-state index contributed by atoms with van der Waals surface area (Å²) in [5.41, 5.74) is 10.6. The van der Waals surface area contributed by atoms with Crippen molar-refractivity contribution in [1.82, 2.24) is 9.97 Å². The predicted molar refractivity (Wildman–Crippen MR) is 67.9 cm³/mol. The summed E-state index contributed by atoms with van der Waals surface area (Å²) in [4.78, 5) is 8.46. The molecule has 1 aromatic carbocycles. The molecule has 3 N–H and O–H groups in total. The number of thiazole rings is 1. The van der Waals surface area contributed by atoms with Gasteiger partial charge >= 0.3 is 0 Å². The fourth-order valence-corrected chi connectivity index (χ4v) is 2.07. The molecule has 0 spiro atoms. The lowest BCUT2D eigenvalue weighted by Gasteiger charge is -1.96. The van der Waals surface area contributed by atoms with Crippen molar-refractivity contribution in [3.8, 4) is 0 Å². The van der Waals surface area contributed by atoms with E-state index < -0.39 is 0 Å². The number of nitrogens with zero attached hydrogens (tertiary/aromatic N) is 2. The topological polar surface area (TPSA) is 77.0 Å². The third-order valence-electron chi connectivity index (χ3n) is 2.32. The van der Waals surface area contributed by atoms with E-state index in [0.717, 1.165) is 11.2 Å². The molecule has 3 aromatic rings. The quantitative estimate of drug-likeness (QED) is 0.694. The van der Waals surface area contributed by atoms with Crippen molar-refractivity contribution in [1.29, 1.82) is 0 Å². The zero-order chi connectivity index (χ0) is 11.7. The maximum atomic E-state index is 5.67. The van der Waals surface area contributed by atoms with Crippen molar-refractivity contribution in [3.05, 3.63) is 34.8 Å². The van der Waals surface area contributed by atoms with Crippen LogP contribution in [-0.2, 0) is 6.54 Å². The van der Waals surface area contributed by atoms with Gasteiger partial charge in [0, 0.05) is 17.1 Å². The van der Waals surface area contributed by atoms with Crippen LogP contribution in [0.15, 0.2) is 33.5 Å². The summed E-state index contributed by atoms with van der Waals surface area (Å²) >= 11 is 1.56. The van der Waals surface area contributed by atoms with Crippen LogP contribution in [-0.4, -0.2) is 9.97 Å². The number of nitrogens with two attached hydrogens (primary N) is 1. The first-order valence-corrected chi connectivity index (χ1v) is 6.02. The molecule has 0 saturated carbocycles. The second-order valence-corrected chi connectivity index (χ2v) is 4.30. The molecule has 0 aliphatic carbocycles. The molecule has 2 heterocycles. The molecule has 0 unspecified atom stereocenters. The Balaban J connectivity index is 1.81. The van der Waals surface area contributed by atoms with Crippen LogP contribution in [0.4, 0.5) is 11.7 Å². The molecule has 0 atom stereocenters. The highest BCUT2D eigenvalue weighted by Crippen LogP contribution is 2.21. The number of hydrogen-bond acceptors (Lipinski definition) is 6. The molecule has 86 valence electrons. The summed E-state index contributed by atoms with van der Waals surface area (Å²) in [5, 5.41) is 5.06. The number of rotatable bonds is 3. The van der Waals surface area contributed by atoms with Crippen molar-refractivity contribution in [2.75, 3.05) is 11.1 Å². The summed E-state index contributed by atoms with van der Waals surface area (Å²) in [5.74, 6) is 0. The smallest absolute Gasteiger partial charge is 0.296 e. The Morgan fingerprint density at radius 2 is 2.35 bits per heavy atom. The zero-order valence-electron chi connectivity index (χ0n) is 8.88. The molecule has 17 heavy (non-hydrogen) atoms. The summed E-state index contributed by atoms with van der Waals surface area (Å²) < 4.78 is 5.52. The van der Waals surface area contributed by atoms with Gasteiger partial charge in [-0.05, 0) is 12.1 Å². The molecule has 0 amide bonds. The van der Waals surface area contributed by atoms with Gasteiger partial charge in [0.05, 0.1) is 17.7 Å². The van der Waals surface area contributed by atoms with Crippen LogP contribution in [0, 0.1) is 0 Å². The molecular weight excluding hydrogens is 236 g/mol. The first-order chi connectivity index (χ1) is 8.31. The highest BCUT2D eigenvalue weighted by Gasteiger charge is 2.05. The predicted octanol–water partition coefficient (Wildman–Crippen LogP) is 2.48. The van der Waals surface area contributed by atoms with Gasteiger partial charge in [0.15, 0.2) is 5.58 Å². The average molecular weight is 246 g/mol. The van der Waals surface area contributed by atoms with Crippen LogP contribution in [0.2, 0.25) is 0 Å². The number of nitrogen functional groups attached to an aromatic ring is 1.